The van der Waals surface area contributed by atoms with Gasteiger partial charge in [0, 0.05) is 19.6 Å². The predicted molar refractivity (Wildman–Crippen MR) is 71.1 cm³/mol. The van der Waals surface area contributed by atoms with Crippen molar-refractivity contribution in [3.8, 4) is 0 Å². The number of hydrogen-bond donors (Lipinski definition) is 2. The summed E-state index contributed by atoms with van der Waals surface area (Å²) in [5.74, 6) is -0.414. The van der Waals surface area contributed by atoms with Gasteiger partial charge in [0.2, 0.25) is 15.9 Å². The first-order valence-corrected chi connectivity index (χ1v) is 8.46. The van der Waals surface area contributed by atoms with E-state index in [1.807, 2.05) is 0 Å². The average molecular weight is 331 g/mol. The Morgan fingerprint density at radius 3 is 2.62 bits per heavy atom. The number of halogens is 3. The van der Waals surface area contributed by atoms with Crippen molar-refractivity contribution in [1.82, 2.24) is 14.9 Å². The van der Waals surface area contributed by atoms with Gasteiger partial charge in [0.05, 0.1) is 19.3 Å². The molecule has 0 bridgehead atoms. The van der Waals surface area contributed by atoms with Crippen LogP contribution >= 0.6 is 0 Å². The maximum atomic E-state index is 12.0. The number of amides is 1. The standard InChI is InChI=1S/C11H20F3N3O3S/c1-21(19,20)16-5-9-3-2-4-17(7-9)10(18)6-15-8-11(12,13)14/h9,15-16H,2-8H2,1H3. The van der Waals surface area contributed by atoms with Crippen molar-refractivity contribution in [2.24, 2.45) is 5.92 Å². The summed E-state index contributed by atoms with van der Waals surface area (Å²) in [6.45, 7) is -0.493. The molecule has 21 heavy (non-hydrogen) atoms. The van der Waals surface area contributed by atoms with Crippen LogP contribution in [0.15, 0.2) is 0 Å². The number of carbonyl (C=O) groups excluding carboxylic acids is 1. The monoisotopic (exact) mass is 331 g/mol. The lowest BCUT2D eigenvalue weighted by Gasteiger charge is -2.33. The van der Waals surface area contributed by atoms with Gasteiger partial charge in [-0.15, -0.1) is 0 Å². The van der Waals surface area contributed by atoms with Crippen LogP contribution in [0, 0.1) is 5.92 Å². The molecule has 0 saturated carbocycles. The zero-order valence-electron chi connectivity index (χ0n) is 11.7. The molecule has 6 nitrogen and oxygen atoms in total. The van der Waals surface area contributed by atoms with Crippen molar-refractivity contribution < 1.29 is 26.4 Å². The Bertz CT molecular complexity index is 453. The molecule has 0 spiro atoms. The number of nitrogens with zero attached hydrogens (tertiary/aromatic N) is 1. The highest BCUT2D eigenvalue weighted by Gasteiger charge is 2.28. The topological polar surface area (TPSA) is 78.5 Å². The largest absolute Gasteiger partial charge is 0.401 e. The molecule has 10 heteroatoms. The van der Waals surface area contributed by atoms with Crippen LogP contribution in [0.4, 0.5) is 13.2 Å². The molecule has 1 fully saturated rings. The van der Waals surface area contributed by atoms with Gasteiger partial charge in [0.15, 0.2) is 0 Å². The van der Waals surface area contributed by atoms with Crippen LogP contribution in [0.1, 0.15) is 12.8 Å². The Morgan fingerprint density at radius 2 is 2.05 bits per heavy atom. The van der Waals surface area contributed by atoms with Crippen LogP contribution in [0.3, 0.4) is 0 Å². The Labute approximate surface area is 122 Å². The van der Waals surface area contributed by atoms with E-state index in [0.29, 0.717) is 19.5 Å². The first kappa shape index (κ1) is 18.2. The molecule has 0 aromatic carbocycles. The second-order valence-corrected chi connectivity index (χ2v) is 7.02. The van der Waals surface area contributed by atoms with Crippen molar-refractivity contribution in [1.29, 1.82) is 0 Å². The summed E-state index contributed by atoms with van der Waals surface area (Å²) in [6, 6.07) is 0. The van der Waals surface area contributed by atoms with E-state index in [4.69, 9.17) is 0 Å². The minimum atomic E-state index is -4.34. The summed E-state index contributed by atoms with van der Waals surface area (Å²) < 4.78 is 60.3. The SMILES string of the molecule is CS(=O)(=O)NCC1CCCN(C(=O)CNCC(F)(F)F)C1. The maximum absolute atomic E-state index is 12.0. The summed E-state index contributed by atoms with van der Waals surface area (Å²) in [7, 11) is -3.28. The van der Waals surface area contributed by atoms with Gasteiger partial charge in [0.25, 0.3) is 0 Å². The van der Waals surface area contributed by atoms with Gasteiger partial charge in [-0.1, -0.05) is 0 Å². The smallest absolute Gasteiger partial charge is 0.341 e. The Hall–Kier alpha value is -0.870. The third-order valence-corrected chi connectivity index (χ3v) is 3.80. The number of likely N-dealkylation sites (tertiary alicyclic amines) is 1. The highest BCUT2D eigenvalue weighted by Crippen LogP contribution is 2.16. The molecule has 1 saturated heterocycles. The van der Waals surface area contributed by atoms with Crippen LogP contribution in [-0.2, 0) is 14.8 Å². The second-order valence-electron chi connectivity index (χ2n) is 5.19. The van der Waals surface area contributed by atoms with Crippen LogP contribution in [-0.4, -0.2) is 64.4 Å². The number of hydrogen-bond acceptors (Lipinski definition) is 4. The number of alkyl halides is 3. The summed E-state index contributed by atoms with van der Waals surface area (Å²) in [4.78, 5) is 13.3. The summed E-state index contributed by atoms with van der Waals surface area (Å²) >= 11 is 0. The predicted octanol–water partition coefficient (Wildman–Crippen LogP) is -0.0739. The fourth-order valence-electron chi connectivity index (χ4n) is 2.15. The van der Waals surface area contributed by atoms with E-state index in [1.165, 1.54) is 4.90 Å². The third-order valence-electron chi connectivity index (χ3n) is 3.11. The van der Waals surface area contributed by atoms with Gasteiger partial charge >= 0.3 is 6.18 Å². The quantitative estimate of drug-likeness (QED) is 0.714. The van der Waals surface area contributed by atoms with E-state index in [9.17, 15) is 26.4 Å². The minimum absolute atomic E-state index is 0.0139. The maximum Gasteiger partial charge on any atom is 0.401 e. The van der Waals surface area contributed by atoms with Crippen LogP contribution in [0.2, 0.25) is 0 Å². The second kappa shape index (κ2) is 7.41. The van der Waals surface area contributed by atoms with Crippen molar-refractivity contribution in [2.45, 2.75) is 19.0 Å². The number of rotatable bonds is 6. The molecule has 1 rings (SSSR count). The molecule has 1 amide bonds. The molecule has 0 radical (unpaired) electrons. The van der Waals surface area contributed by atoms with Gasteiger partial charge in [0.1, 0.15) is 0 Å². The summed E-state index contributed by atoms with van der Waals surface area (Å²) in [5.41, 5.74) is 0. The van der Waals surface area contributed by atoms with E-state index in [2.05, 4.69) is 10.0 Å². The average Bonchev–Trinajstić information content (AvgIpc) is 2.34. The molecule has 1 unspecified atom stereocenters. The lowest BCUT2D eigenvalue weighted by atomic mass is 9.98. The fourth-order valence-corrected chi connectivity index (χ4v) is 2.69. The lowest BCUT2D eigenvalue weighted by Crippen LogP contribution is -2.47. The van der Waals surface area contributed by atoms with E-state index in [-0.39, 0.29) is 19.0 Å². The van der Waals surface area contributed by atoms with Gasteiger partial charge in [-0.2, -0.15) is 13.2 Å². The zero-order chi connectivity index (χ0) is 16.1. The van der Waals surface area contributed by atoms with Gasteiger partial charge < -0.3 is 10.2 Å². The first-order chi connectivity index (χ1) is 9.57. The van der Waals surface area contributed by atoms with Crippen LogP contribution in [0.5, 0.6) is 0 Å². The van der Waals surface area contributed by atoms with E-state index in [0.717, 1.165) is 12.7 Å². The van der Waals surface area contributed by atoms with E-state index >= 15 is 0 Å². The summed E-state index contributed by atoms with van der Waals surface area (Å²) in [5, 5.41) is 2.07. The van der Waals surface area contributed by atoms with Crippen molar-refractivity contribution in [3.05, 3.63) is 0 Å². The van der Waals surface area contributed by atoms with Crippen molar-refractivity contribution in [3.63, 3.8) is 0 Å². The highest BCUT2D eigenvalue weighted by atomic mass is 32.2. The Kier molecular flexibility index (Phi) is 6.41. The Morgan fingerprint density at radius 1 is 1.38 bits per heavy atom. The van der Waals surface area contributed by atoms with Crippen LogP contribution < -0.4 is 10.0 Å². The molecular weight excluding hydrogens is 311 g/mol. The molecule has 1 atom stereocenters. The number of sulfonamides is 1. The van der Waals surface area contributed by atoms with Gasteiger partial charge in [-0.3, -0.25) is 4.79 Å². The summed E-state index contributed by atoms with van der Waals surface area (Å²) in [6.07, 6.45) is -1.80. The Balaban J connectivity index is 2.36. The molecule has 1 heterocycles. The normalized spacial score (nSPS) is 20.6. The lowest BCUT2D eigenvalue weighted by molar-refractivity contribution is -0.135. The molecule has 124 valence electrons. The highest BCUT2D eigenvalue weighted by molar-refractivity contribution is 7.88. The first-order valence-electron chi connectivity index (χ1n) is 6.57. The van der Waals surface area contributed by atoms with Gasteiger partial charge in [-0.05, 0) is 18.8 Å². The number of carbonyl (C=O) groups is 1. The fraction of sp³-hybridized carbons (Fsp3) is 0.909. The van der Waals surface area contributed by atoms with E-state index < -0.39 is 28.7 Å². The third kappa shape index (κ3) is 8.22. The molecule has 1 aliphatic heterocycles. The number of nitrogens with one attached hydrogen (secondary N) is 2. The van der Waals surface area contributed by atoms with Crippen LogP contribution in [0.25, 0.3) is 0 Å². The molecule has 1 aliphatic rings. The molecular formula is C11H20F3N3O3S. The molecule has 0 aromatic heterocycles. The number of piperidine rings is 1. The van der Waals surface area contributed by atoms with Crippen molar-refractivity contribution in [2.75, 3.05) is 39.0 Å². The molecule has 2 N–H and O–H groups in total. The molecule has 0 aliphatic carbocycles. The van der Waals surface area contributed by atoms with E-state index in [1.54, 1.807) is 0 Å². The van der Waals surface area contributed by atoms with Crippen molar-refractivity contribution >= 4 is 15.9 Å². The van der Waals surface area contributed by atoms with Gasteiger partial charge in [-0.25, -0.2) is 13.1 Å². The molecule has 0 aromatic rings. The minimum Gasteiger partial charge on any atom is -0.341 e. The zero-order valence-corrected chi connectivity index (χ0v) is 12.6.